The van der Waals surface area contributed by atoms with Crippen LogP contribution in [0.4, 0.5) is 0 Å². The van der Waals surface area contributed by atoms with Crippen molar-refractivity contribution in [3.63, 3.8) is 0 Å². The lowest BCUT2D eigenvalue weighted by Crippen LogP contribution is -3.10. The van der Waals surface area contributed by atoms with Gasteiger partial charge in [-0.25, -0.2) is 5.43 Å². The van der Waals surface area contributed by atoms with E-state index >= 15 is 0 Å². The smallest absolute Gasteiger partial charge is 0.295 e. The minimum absolute atomic E-state index is 0.103. The molecule has 0 radical (unpaired) electrons. The van der Waals surface area contributed by atoms with Crippen molar-refractivity contribution in [1.82, 2.24) is 5.43 Å². The van der Waals surface area contributed by atoms with E-state index in [0.29, 0.717) is 5.56 Å². The van der Waals surface area contributed by atoms with Gasteiger partial charge in [0.1, 0.15) is 18.8 Å². The van der Waals surface area contributed by atoms with Crippen molar-refractivity contribution in [3.8, 4) is 5.75 Å². The Morgan fingerprint density at radius 2 is 1.55 bits per heavy atom. The monoisotopic (exact) mass is 452 g/mol. The van der Waals surface area contributed by atoms with Crippen LogP contribution < -0.4 is 10.3 Å². The van der Waals surface area contributed by atoms with Crippen LogP contribution in [0.5, 0.6) is 5.75 Å². The van der Waals surface area contributed by atoms with Crippen molar-refractivity contribution < 1.29 is 14.8 Å². The molecular formula is C23H23BrN3O2+. The Kier molecular flexibility index (Phi) is 7.55. The Labute approximate surface area is 178 Å². The molecule has 3 aromatic carbocycles. The van der Waals surface area contributed by atoms with Crippen LogP contribution in [0, 0.1) is 0 Å². The summed E-state index contributed by atoms with van der Waals surface area (Å²) < 4.78 is 0.824. The standard InChI is InChI=1S/C23H22BrN3O2/c24-21-11-12-22(28)20(13-21)14-25-26-23(29)17-27(15-18-7-3-1-4-8-18)16-19-9-5-2-6-10-19/h1-14,28H,15-17H2,(H,26,29)/p+1. The summed E-state index contributed by atoms with van der Waals surface area (Å²) >= 11 is 3.35. The molecule has 0 heterocycles. The number of hydrogen-bond acceptors (Lipinski definition) is 3. The molecule has 3 N–H and O–H groups in total. The highest BCUT2D eigenvalue weighted by Gasteiger charge is 2.15. The first-order valence-electron chi connectivity index (χ1n) is 9.32. The van der Waals surface area contributed by atoms with Crippen molar-refractivity contribution in [1.29, 1.82) is 0 Å². The summed E-state index contributed by atoms with van der Waals surface area (Å²) in [5.41, 5.74) is 5.44. The average Bonchev–Trinajstić information content (AvgIpc) is 2.72. The SMILES string of the molecule is O=C(C[NH+](Cc1ccccc1)Cc1ccccc1)NN=Cc1cc(Br)ccc1O. The number of hydrogen-bond donors (Lipinski definition) is 3. The van der Waals surface area contributed by atoms with Crippen molar-refractivity contribution in [3.05, 3.63) is 100 Å². The molecule has 0 aliphatic heterocycles. The lowest BCUT2D eigenvalue weighted by atomic mass is 10.1. The Balaban J connectivity index is 1.63. The van der Waals surface area contributed by atoms with Crippen LogP contribution in [-0.2, 0) is 17.9 Å². The highest BCUT2D eigenvalue weighted by atomic mass is 79.9. The molecule has 148 valence electrons. The molecule has 6 heteroatoms. The van der Waals surface area contributed by atoms with E-state index in [1.165, 1.54) is 17.3 Å². The summed E-state index contributed by atoms with van der Waals surface area (Å²) in [6, 6.07) is 25.3. The van der Waals surface area contributed by atoms with Gasteiger partial charge in [-0.3, -0.25) is 4.79 Å². The zero-order valence-electron chi connectivity index (χ0n) is 15.9. The molecule has 0 atom stereocenters. The van der Waals surface area contributed by atoms with E-state index in [9.17, 15) is 9.90 Å². The number of aromatic hydroxyl groups is 1. The normalized spacial score (nSPS) is 11.1. The number of hydrazone groups is 1. The summed E-state index contributed by atoms with van der Waals surface area (Å²) in [6.45, 7) is 1.75. The first-order chi connectivity index (χ1) is 14.1. The number of carbonyl (C=O) groups is 1. The molecule has 0 aromatic heterocycles. The van der Waals surface area contributed by atoms with Gasteiger partial charge in [-0.1, -0.05) is 76.6 Å². The van der Waals surface area contributed by atoms with Crippen LogP contribution in [0.1, 0.15) is 16.7 Å². The highest BCUT2D eigenvalue weighted by molar-refractivity contribution is 9.10. The number of quaternary nitrogens is 1. The van der Waals surface area contributed by atoms with Crippen LogP contribution in [-0.4, -0.2) is 23.8 Å². The van der Waals surface area contributed by atoms with E-state index in [4.69, 9.17) is 0 Å². The summed E-state index contributed by atoms with van der Waals surface area (Å²) in [6.07, 6.45) is 1.44. The maximum atomic E-state index is 12.5. The van der Waals surface area contributed by atoms with Crippen LogP contribution in [0.25, 0.3) is 0 Å². The third-order valence-corrected chi connectivity index (χ3v) is 4.88. The molecule has 0 bridgehead atoms. The molecule has 1 amide bonds. The lowest BCUT2D eigenvalue weighted by molar-refractivity contribution is -0.919. The predicted molar refractivity (Wildman–Crippen MR) is 118 cm³/mol. The fourth-order valence-electron chi connectivity index (χ4n) is 3.03. The maximum absolute atomic E-state index is 12.5. The number of phenols is 1. The molecule has 0 aliphatic rings. The van der Waals surface area contributed by atoms with Gasteiger partial charge in [0.05, 0.1) is 6.21 Å². The molecular weight excluding hydrogens is 430 g/mol. The van der Waals surface area contributed by atoms with E-state index in [1.807, 2.05) is 36.4 Å². The number of amides is 1. The minimum Gasteiger partial charge on any atom is -0.507 e. The van der Waals surface area contributed by atoms with Crippen LogP contribution in [0.15, 0.2) is 88.4 Å². The number of halogens is 1. The van der Waals surface area contributed by atoms with Crippen LogP contribution in [0.3, 0.4) is 0 Å². The molecule has 0 spiro atoms. The Hall–Kier alpha value is -2.96. The van der Waals surface area contributed by atoms with E-state index in [-0.39, 0.29) is 18.2 Å². The van der Waals surface area contributed by atoms with Crippen LogP contribution >= 0.6 is 15.9 Å². The highest BCUT2D eigenvalue weighted by Crippen LogP contribution is 2.19. The summed E-state index contributed by atoms with van der Waals surface area (Å²) in [7, 11) is 0. The third-order valence-electron chi connectivity index (χ3n) is 4.39. The molecule has 0 fully saturated rings. The van der Waals surface area contributed by atoms with Gasteiger partial charge in [0.15, 0.2) is 6.54 Å². The van der Waals surface area contributed by atoms with Crippen molar-refractivity contribution in [2.24, 2.45) is 5.10 Å². The van der Waals surface area contributed by atoms with Gasteiger partial charge in [0.25, 0.3) is 5.91 Å². The van der Waals surface area contributed by atoms with Gasteiger partial charge in [-0.05, 0) is 18.2 Å². The molecule has 0 saturated carbocycles. The minimum atomic E-state index is -0.183. The molecule has 0 aliphatic carbocycles. The zero-order chi connectivity index (χ0) is 20.5. The number of nitrogens with zero attached hydrogens (tertiary/aromatic N) is 1. The fraction of sp³-hybridized carbons (Fsp3) is 0.130. The van der Waals surface area contributed by atoms with E-state index in [1.54, 1.807) is 18.2 Å². The van der Waals surface area contributed by atoms with Crippen molar-refractivity contribution in [2.45, 2.75) is 13.1 Å². The third kappa shape index (κ3) is 6.85. The topological polar surface area (TPSA) is 66.1 Å². The number of carbonyl (C=O) groups excluding carboxylic acids is 1. The van der Waals surface area contributed by atoms with E-state index < -0.39 is 0 Å². The molecule has 29 heavy (non-hydrogen) atoms. The molecule has 5 nitrogen and oxygen atoms in total. The second-order valence-corrected chi connectivity index (χ2v) is 7.66. The number of nitrogens with one attached hydrogen (secondary N) is 2. The fourth-order valence-corrected chi connectivity index (χ4v) is 3.40. The summed E-state index contributed by atoms with van der Waals surface area (Å²) in [5.74, 6) is -0.0794. The largest absolute Gasteiger partial charge is 0.507 e. The predicted octanol–water partition coefficient (Wildman–Crippen LogP) is 2.89. The van der Waals surface area contributed by atoms with E-state index in [0.717, 1.165) is 22.5 Å². The lowest BCUT2D eigenvalue weighted by Gasteiger charge is -2.19. The van der Waals surface area contributed by atoms with Gasteiger partial charge in [-0.15, -0.1) is 0 Å². The second-order valence-electron chi connectivity index (χ2n) is 6.75. The number of phenolic OH excluding ortho intramolecular Hbond substituents is 1. The quantitative estimate of drug-likeness (QED) is 0.363. The van der Waals surface area contributed by atoms with Gasteiger partial charge in [0.2, 0.25) is 0 Å². The van der Waals surface area contributed by atoms with E-state index in [2.05, 4.69) is 50.7 Å². The first-order valence-corrected chi connectivity index (χ1v) is 10.1. The number of benzene rings is 3. The van der Waals surface area contributed by atoms with Gasteiger partial charge < -0.3 is 10.0 Å². The first kappa shape index (κ1) is 20.8. The molecule has 3 rings (SSSR count). The van der Waals surface area contributed by atoms with Gasteiger partial charge in [-0.2, -0.15) is 5.10 Å². The summed E-state index contributed by atoms with van der Waals surface area (Å²) in [5, 5.41) is 13.8. The second kappa shape index (κ2) is 10.5. The Morgan fingerprint density at radius 1 is 0.966 bits per heavy atom. The van der Waals surface area contributed by atoms with Crippen molar-refractivity contribution in [2.75, 3.05) is 6.54 Å². The van der Waals surface area contributed by atoms with Crippen LogP contribution in [0.2, 0.25) is 0 Å². The Morgan fingerprint density at radius 3 is 2.14 bits per heavy atom. The molecule has 0 saturated heterocycles. The van der Waals surface area contributed by atoms with Crippen molar-refractivity contribution >= 4 is 28.1 Å². The van der Waals surface area contributed by atoms with Gasteiger partial charge >= 0.3 is 0 Å². The number of rotatable bonds is 8. The average molecular weight is 453 g/mol. The van der Waals surface area contributed by atoms with Gasteiger partial charge in [0, 0.05) is 21.2 Å². The maximum Gasteiger partial charge on any atom is 0.295 e. The molecule has 0 unspecified atom stereocenters. The molecule has 3 aromatic rings. The Bertz CT molecular complexity index is 921. The summed E-state index contributed by atoms with van der Waals surface area (Å²) in [4.78, 5) is 13.6. The zero-order valence-corrected chi connectivity index (χ0v) is 17.5.